The number of carbonyl (C=O) groups excluding carboxylic acids is 2. The molecule has 2 amide bonds. The van der Waals surface area contributed by atoms with E-state index in [4.69, 9.17) is 9.47 Å². The average Bonchev–Trinajstić information content (AvgIpc) is 3.03. The second-order valence-corrected chi connectivity index (χ2v) is 8.75. The van der Waals surface area contributed by atoms with Gasteiger partial charge in [0.2, 0.25) is 0 Å². The van der Waals surface area contributed by atoms with Crippen molar-refractivity contribution in [3.8, 4) is 11.5 Å². The van der Waals surface area contributed by atoms with Crippen molar-refractivity contribution in [1.82, 2.24) is 4.90 Å². The molecule has 0 unspecified atom stereocenters. The molecule has 0 bridgehead atoms. The molecule has 0 spiro atoms. The van der Waals surface area contributed by atoms with E-state index in [0.29, 0.717) is 23.0 Å². The second kappa shape index (κ2) is 9.16. The number of hydrogen-bond acceptors (Lipinski definition) is 5. The monoisotopic (exact) mass is 497 g/mol. The van der Waals surface area contributed by atoms with Gasteiger partial charge in [-0.3, -0.25) is 14.5 Å². The molecule has 7 heteroatoms. The molecule has 3 aromatic rings. The zero-order valence-electron chi connectivity index (χ0n) is 17.1. The van der Waals surface area contributed by atoms with Crippen LogP contribution in [0.4, 0.5) is 4.79 Å². The molecule has 1 saturated heterocycles. The number of rotatable bonds is 6. The van der Waals surface area contributed by atoms with E-state index >= 15 is 0 Å². The molecule has 0 radical (unpaired) electrons. The van der Waals surface area contributed by atoms with E-state index < -0.39 is 0 Å². The van der Waals surface area contributed by atoms with Gasteiger partial charge in [0.05, 0.1) is 25.2 Å². The number of thioether (sulfide) groups is 1. The molecule has 158 valence electrons. The summed E-state index contributed by atoms with van der Waals surface area (Å²) < 4.78 is 11.7. The van der Waals surface area contributed by atoms with Crippen molar-refractivity contribution in [2.75, 3.05) is 13.7 Å². The van der Waals surface area contributed by atoms with Crippen LogP contribution >= 0.6 is 27.7 Å². The summed E-state index contributed by atoms with van der Waals surface area (Å²) in [6.07, 6.45) is 1.70. The largest absolute Gasteiger partial charge is 0.493 e. The summed E-state index contributed by atoms with van der Waals surface area (Å²) in [5.74, 6) is 0.869. The third-order valence-corrected chi connectivity index (χ3v) is 6.49. The number of imide groups is 1. The Morgan fingerprint density at radius 3 is 2.55 bits per heavy atom. The lowest BCUT2D eigenvalue weighted by molar-refractivity contribution is -0.123. The number of carbonyl (C=O) groups is 2. The maximum Gasteiger partial charge on any atom is 0.293 e. The van der Waals surface area contributed by atoms with Gasteiger partial charge in [-0.2, -0.15) is 0 Å². The maximum absolute atomic E-state index is 13.0. The van der Waals surface area contributed by atoms with Gasteiger partial charge in [-0.15, -0.1) is 0 Å². The maximum atomic E-state index is 13.0. The van der Waals surface area contributed by atoms with E-state index in [1.807, 2.05) is 49.4 Å². The van der Waals surface area contributed by atoms with Crippen molar-refractivity contribution in [1.29, 1.82) is 0 Å². The van der Waals surface area contributed by atoms with Gasteiger partial charge in [-0.1, -0.05) is 52.3 Å². The molecule has 3 aromatic carbocycles. The van der Waals surface area contributed by atoms with Crippen molar-refractivity contribution in [2.24, 2.45) is 0 Å². The zero-order chi connectivity index (χ0) is 22.0. The first-order valence-electron chi connectivity index (χ1n) is 9.73. The Bertz CT molecular complexity index is 1210. The Morgan fingerprint density at radius 1 is 1.03 bits per heavy atom. The number of benzene rings is 3. The molecule has 0 aliphatic carbocycles. The van der Waals surface area contributed by atoms with E-state index in [1.54, 1.807) is 25.3 Å². The smallest absolute Gasteiger partial charge is 0.293 e. The Morgan fingerprint density at radius 2 is 1.81 bits per heavy atom. The summed E-state index contributed by atoms with van der Waals surface area (Å²) in [5.41, 5.74) is 1.64. The molecule has 1 heterocycles. The standard InChI is InChI=1S/C24H20BrNO4S/c1-3-30-21-13-19(25)18(11-20(21)29-2)12-22-23(27)26(24(28)31-22)14-15-8-9-16-6-4-5-7-17(16)10-15/h4-13H,3,14H2,1-2H3/b22-12-. The van der Waals surface area contributed by atoms with Crippen molar-refractivity contribution < 1.29 is 19.1 Å². The lowest BCUT2D eigenvalue weighted by Crippen LogP contribution is -2.27. The molecular formula is C24H20BrNO4S. The number of nitrogens with zero attached hydrogens (tertiary/aromatic N) is 1. The molecule has 0 saturated carbocycles. The van der Waals surface area contributed by atoms with E-state index in [-0.39, 0.29) is 17.7 Å². The minimum Gasteiger partial charge on any atom is -0.493 e. The molecule has 1 fully saturated rings. The van der Waals surface area contributed by atoms with Crippen LogP contribution in [0.25, 0.3) is 16.8 Å². The summed E-state index contributed by atoms with van der Waals surface area (Å²) in [6, 6.07) is 17.5. The fourth-order valence-electron chi connectivity index (χ4n) is 3.39. The van der Waals surface area contributed by atoms with Gasteiger partial charge in [-0.25, -0.2) is 0 Å². The fraction of sp³-hybridized carbons (Fsp3) is 0.167. The van der Waals surface area contributed by atoms with Gasteiger partial charge in [0.1, 0.15) is 0 Å². The Kier molecular flexibility index (Phi) is 6.34. The molecule has 1 aliphatic heterocycles. The second-order valence-electron chi connectivity index (χ2n) is 6.91. The van der Waals surface area contributed by atoms with Crippen molar-refractivity contribution >= 4 is 55.7 Å². The highest BCUT2D eigenvalue weighted by molar-refractivity contribution is 9.10. The van der Waals surface area contributed by atoms with Gasteiger partial charge in [0.15, 0.2) is 11.5 Å². The molecule has 0 N–H and O–H groups in total. The molecule has 1 aliphatic rings. The first-order valence-corrected chi connectivity index (χ1v) is 11.3. The highest BCUT2D eigenvalue weighted by Crippen LogP contribution is 2.38. The fourth-order valence-corrected chi connectivity index (χ4v) is 4.65. The minimum atomic E-state index is -0.303. The van der Waals surface area contributed by atoms with Crippen LogP contribution in [0, 0.1) is 0 Å². The van der Waals surface area contributed by atoms with Crippen LogP contribution in [0.3, 0.4) is 0 Å². The summed E-state index contributed by atoms with van der Waals surface area (Å²) in [6.45, 7) is 2.64. The van der Waals surface area contributed by atoms with Gasteiger partial charge >= 0.3 is 0 Å². The summed E-state index contributed by atoms with van der Waals surface area (Å²) in [7, 11) is 1.56. The van der Waals surface area contributed by atoms with E-state index in [1.165, 1.54) is 4.90 Å². The average molecular weight is 498 g/mol. The van der Waals surface area contributed by atoms with Gasteiger partial charge in [-0.05, 0) is 64.9 Å². The highest BCUT2D eigenvalue weighted by atomic mass is 79.9. The molecule has 4 rings (SSSR count). The number of fused-ring (bicyclic) bond motifs is 1. The van der Waals surface area contributed by atoms with Crippen LogP contribution < -0.4 is 9.47 Å². The minimum absolute atomic E-state index is 0.237. The Hall–Kier alpha value is -2.77. The first kappa shape index (κ1) is 21.5. The molecule has 0 atom stereocenters. The lowest BCUT2D eigenvalue weighted by Gasteiger charge is -2.13. The van der Waals surface area contributed by atoms with Crippen LogP contribution in [0.15, 0.2) is 64.0 Å². The van der Waals surface area contributed by atoms with Crippen molar-refractivity contribution in [3.63, 3.8) is 0 Å². The number of ether oxygens (including phenoxy) is 2. The van der Waals surface area contributed by atoms with E-state index in [2.05, 4.69) is 15.9 Å². The van der Waals surface area contributed by atoms with Crippen LogP contribution in [-0.4, -0.2) is 29.8 Å². The third kappa shape index (κ3) is 4.48. The SMILES string of the molecule is CCOc1cc(Br)c(/C=C2\SC(=O)N(Cc3ccc4ccccc4c3)C2=O)cc1OC. The predicted molar refractivity (Wildman–Crippen MR) is 127 cm³/mol. The van der Waals surface area contributed by atoms with Gasteiger partial charge < -0.3 is 9.47 Å². The number of hydrogen-bond donors (Lipinski definition) is 0. The first-order chi connectivity index (χ1) is 15.0. The molecule has 31 heavy (non-hydrogen) atoms. The Labute approximate surface area is 193 Å². The normalized spacial score (nSPS) is 15.2. The third-order valence-electron chi connectivity index (χ3n) is 4.90. The summed E-state index contributed by atoms with van der Waals surface area (Å²) in [5, 5.41) is 1.92. The predicted octanol–water partition coefficient (Wildman–Crippen LogP) is 6.25. The highest BCUT2D eigenvalue weighted by Gasteiger charge is 2.35. The van der Waals surface area contributed by atoms with Crippen molar-refractivity contribution in [2.45, 2.75) is 13.5 Å². The van der Waals surface area contributed by atoms with Crippen molar-refractivity contribution in [3.05, 3.63) is 75.1 Å². The topological polar surface area (TPSA) is 55.8 Å². The number of amides is 2. The van der Waals surface area contributed by atoms with Crippen LogP contribution in [0.5, 0.6) is 11.5 Å². The van der Waals surface area contributed by atoms with E-state index in [9.17, 15) is 9.59 Å². The molecule has 0 aromatic heterocycles. The van der Waals surface area contributed by atoms with Crippen LogP contribution in [-0.2, 0) is 11.3 Å². The van der Waals surface area contributed by atoms with Gasteiger partial charge in [0.25, 0.3) is 11.1 Å². The van der Waals surface area contributed by atoms with E-state index in [0.717, 1.165) is 38.1 Å². The van der Waals surface area contributed by atoms with Crippen LogP contribution in [0.2, 0.25) is 0 Å². The summed E-state index contributed by atoms with van der Waals surface area (Å²) in [4.78, 5) is 27.2. The zero-order valence-corrected chi connectivity index (χ0v) is 19.5. The van der Waals surface area contributed by atoms with Crippen LogP contribution in [0.1, 0.15) is 18.1 Å². The number of halogens is 1. The Balaban J connectivity index is 1.59. The quantitative estimate of drug-likeness (QED) is 0.377. The summed E-state index contributed by atoms with van der Waals surface area (Å²) >= 11 is 4.46. The van der Waals surface area contributed by atoms with Gasteiger partial charge in [0, 0.05) is 4.47 Å². The number of methoxy groups -OCH3 is 1. The lowest BCUT2D eigenvalue weighted by atomic mass is 10.1. The molecule has 5 nitrogen and oxygen atoms in total. The molecular weight excluding hydrogens is 478 g/mol.